The molecule has 1 aromatic rings. The van der Waals surface area contributed by atoms with Crippen molar-refractivity contribution in [2.45, 2.75) is 24.0 Å². The molecule has 1 rings (SSSR count). The van der Waals surface area contributed by atoms with E-state index in [9.17, 15) is 13.2 Å². The van der Waals surface area contributed by atoms with Gasteiger partial charge in [-0.15, -0.1) is 0 Å². The van der Waals surface area contributed by atoms with Crippen molar-refractivity contribution < 1.29 is 13.2 Å². The Bertz CT molecular complexity index is 479. The van der Waals surface area contributed by atoms with Crippen LogP contribution in [0.25, 0.3) is 0 Å². The van der Waals surface area contributed by atoms with Crippen LogP contribution in [0.4, 0.5) is 10.5 Å². The molecule has 1 N–H and O–H groups in total. The van der Waals surface area contributed by atoms with E-state index in [4.69, 9.17) is 11.6 Å². The van der Waals surface area contributed by atoms with Crippen molar-refractivity contribution in [3.63, 3.8) is 0 Å². The van der Waals surface area contributed by atoms with E-state index in [0.717, 1.165) is 0 Å². The lowest BCUT2D eigenvalue weighted by Crippen LogP contribution is -2.13. The van der Waals surface area contributed by atoms with Crippen molar-refractivity contribution in [1.29, 1.82) is 0 Å². The summed E-state index contributed by atoms with van der Waals surface area (Å²) in [7, 11) is -3.27. The molecule has 0 spiro atoms. The molecule has 6 heteroatoms. The average molecular weight is 262 g/mol. The molecule has 0 aliphatic carbocycles. The van der Waals surface area contributed by atoms with Gasteiger partial charge in [0.05, 0.1) is 10.1 Å². The number of carbonyl (C=O) groups is 1. The van der Waals surface area contributed by atoms with Crippen LogP contribution >= 0.6 is 11.6 Å². The number of halogens is 1. The quantitative estimate of drug-likeness (QED) is 0.672. The zero-order valence-corrected chi connectivity index (χ0v) is 10.5. The highest BCUT2D eigenvalue weighted by atomic mass is 35.5. The molecular formula is C10H12ClNO3S. The number of benzene rings is 1. The number of amides is 1. The summed E-state index contributed by atoms with van der Waals surface area (Å²) in [4.78, 5) is 10.8. The fourth-order valence-corrected chi connectivity index (χ4v) is 2.28. The molecule has 0 atom stereocenters. The van der Waals surface area contributed by atoms with Crippen molar-refractivity contribution in [3.8, 4) is 0 Å². The summed E-state index contributed by atoms with van der Waals surface area (Å²) in [6.45, 7) is 3.23. The highest BCUT2D eigenvalue weighted by molar-refractivity contribution is 7.92. The lowest BCUT2D eigenvalue weighted by Gasteiger charge is -2.08. The summed E-state index contributed by atoms with van der Waals surface area (Å²) in [6, 6.07) is 5.88. The van der Waals surface area contributed by atoms with Gasteiger partial charge in [0.2, 0.25) is 0 Å². The Morgan fingerprint density at radius 3 is 2.12 bits per heavy atom. The first-order chi connectivity index (χ1) is 7.34. The maximum atomic E-state index is 11.8. The first-order valence-electron chi connectivity index (χ1n) is 4.64. The van der Waals surface area contributed by atoms with Crippen LogP contribution in [-0.2, 0) is 9.84 Å². The number of rotatable bonds is 3. The first-order valence-corrected chi connectivity index (χ1v) is 6.57. The number of carbonyl (C=O) groups excluding carboxylic acids is 1. The van der Waals surface area contributed by atoms with Crippen LogP contribution in [0.5, 0.6) is 0 Å². The zero-order valence-electron chi connectivity index (χ0n) is 8.90. The Hall–Kier alpha value is -1.07. The van der Waals surface area contributed by atoms with Gasteiger partial charge in [0.15, 0.2) is 9.84 Å². The highest BCUT2D eigenvalue weighted by Gasteiger charge is 2.18. The van der Waals surface area contributed by atoms with Crippen molar-refractivity contribution >= 4 is 32.5 Å². The summed E-state index contributed by atoms with van der Waals surface area (Å²) in [5.41, 5.74) is 0.461. The van der Waals surface area contributed by atoms with Crippen molar-refractivity contribution in [3.05, 3.63) is 24.3 Å². The monoisotopic (exact) mass is 261 g/mol. The van der Waals surface area contributed by atoms with E-state index in [1.54, 1.807) is 13.8 Å². The van der Waals surface area contributed by atoms with E-state index in [1.807, 2.05) is 0 Å². The van der Waals surface area contributed by atoms with Gasteiger partial charge >= 0.3 is 5.37 Å². The molecule has 0 aliphatic heterocycles. The number of sulfone groups is 1. The smallest absolute Gasteiger partial charge is 0.312 e. The molecule has 0 saturated heterocycles. The third-order valence-electron chi connectivity index (χ3n) is 2.05. The second-order valence-electron chi connectivity index (χ2n) is 3.52. The summed E-state index contributed by atoms with van der Waals surface area (Å²) in [5, 5.41) is 1.16. The first kappa shape index (κ1) is 13.0. The Labute approximate surface area is 99.5 Å². The maximum absolute atomic E-state index is 11.8. The van der Waals surface area contributed by atoms with E-state index < -0.39 is 20.5 Å². The molecule has 0 aliphatic rings. The Morgan fingerprint density at radius 2 is 1.75 bits per heavy atom. The van der Waals surface area contributed by atoms with Gasteiger partial charge in [-0.25, -0.2) is 8.42 Å². The average Bonchev–Trinajstić information content (AvgIpc) is 2.17. The second kappa shape index (κ2) is 4.84. The molecule has 0 bridgehead atoms. The fraction of sp³-hybridized carbons (Fsp3) is 0.300. The fourth-order valence-electron chi connectivity index (χ4n) is 1.11. The van der Waals surface area contributed by atoms with Gasteiger partial charge < -0.3 is 5.32 Å². The largest absolute Gasteiger partial charge is 0.318 e. The molecule has 0 aromatic heterocycles. The zero-order chi connectivity index (χ0) is 12.3. The molecule has 16 heavy (non-hydrogen) atoms. The third-order valence-corrected chi connectivity index (χ3v) is 4.31. The third kappa shape index (κ3) is 2.96. The van der Waals surface area contributed by atoms with Crippen LogP contribution in [-0.4, -0.2) is 19.0 Å². The van der Waals surface area contributed by atoms with Gasteiger partial charge in [-0.05, 0) is 49.7 Å². The molecule has 4 nitrogen and oxygen atoms in total. The minimum absolute atomic E-state index is 0.232. The molecule has 0 heterocycles. The molecule has 88 valence electrons. The van der Waals surface area contributed by atoms with Crippen molar-refractivity contribution in [1.82, 2.24) is 0 Å². The number of anilines is 1. The van der Waals surface area contributed by atoms with Gasteiger partial charge in [0.1, 0.15) is 0 Å². The number of hydrogen-bond donors (Lipinski definition) is 1. The topological polar surface area (TPSA) is 63.2 Å². The number of nitrogens with one attached hydrogen (secondary N) is 1. The summed E-state index contributed by atoms with van der Waals surface area (Å²) in [5.74, 6) is 0. The Balaban J connectivity index is 3.00. The van der Waals surface area contributed by atoms with Crippen molar-refractivity contribution in [2.75, 3.05) is 5.32 Å². The lowest BCUT2D eigenvalue weighted by molar-refractivity contribution is 0.269. The molecular weight excluding hydrogens is 250 g/mol. The Kier molecular flexibility index (Phi) is 3.93. The van der Waals surface area contributed by atoms with Crippen molar-refractivity contribution in [2.24, 2.45) is 0 Å². The van der Waals surface area contributed by atoms with E-state index >= 15 is 0 Å². The SMILES string of the molecule is CC(C)S(=O)(=O)c1ccc(NC(=O)Cl)cc1. The van der Waals surface area contributed by atoms with E-state index in [-0.39, 0.29) is 4.90 Å². The van der Waals surface area contributed by atoms with Crippen LogP contribution in [0, 0.1) is 0 Å². The molecule has 0 unspecified atom stereocenters. The standard InChI is InChI=1S/C10H12ClNO3S/c1-7(2)16(14,15)9-5-3-8(4-6-9)12-10(11)13/h3-7H,1-2H3,(H,12,13). The van der Waals surface area contributed by atoms with Gasteiger partial charge in [-0.1, -0.05) is 0 Å². The van der Waals surface area contributed by atoms with Crippen LogP contribution in [0.1, 0.15) is 13.8 Å². The van der Waals surface area contributed by atoms with E-state index in [2.05, 4.69) is 5.32 Å². The van der Waals surface area contributed by atoms with E-state index in [0.29, 0.717) is 5.69 Å². The normalized spacial score (nSPS) is 11.5. The number of hydrogen-bond acceptors (Lipinski definition) is 3. The summed E-state index contributed by atoms with van der Waals surface area (Å²) >= 11 is 5.12. The molecule has 0 fully saturated rings. The predicted molar refractivity (Wildman–Crippen MR) is 63.6 cm³/mol. The summed E-state index contributed by atoms with van der Waals surface area (Å²) in [6.07, 6.45) is 0. The predicted octanol–water partition coefficient (Wildman–Crippen LogP) is 2.64. The van der Waals surface area contributed by atoms with Gasteiger partial charge in [-0.3, -0.25) is 4.79 Å². The Morgan fingerprint density at radius 1 is 1.25 bits per heavy atom. The highest BCUT2D eigenvalue weighted by Crippen LogP contribution is 2.18. The maximum Gasteiger partial charge on any atom is 0.318 e. The minimum atomic E-state index is -3.27. The minimum Gasteiger partial charge on any atom is -0.312 e. The molecule has 1 amide bonds. The molecule has 1 aromatic carbocycles. The van der Waals surface area contributed by atoms with Gasteiger partial charge in [-0.2, -0.15) is 0 Å². The van der Waals surface area contributed by atoms with Gasteiger partial charge in [0.25, 0.3) is 0 Å². The van der Waals surface area contributed by atoms with E-state index in [1.165, 1.54) is 24.3 Å². The molecule has 0 radical (unpaired) electrons. The second-order valence-corrected chi connectivity index (χ2v) is 6.36. The van der Waals surface area contributed by atoms with Crippen LogP contribution in [0.3, 0.4) is 0 Å². The molecule has 0 saturated carbocycles. The lowest BCUT2D eigenvalue weighted by atomic mass is 10.3. The van der Waals surface area contributed by atoms with Crippen LogP contribution < -0.4 is 5.32 Å². The van der Waals surface area contributed by atoms with Gasteiger partial charge in [0, 0.05) is 5.69 Å². The van der Waals surface area contributed by atoms with Crippen LogP contribution in [0.15, 0.2) is 29.2 Å². The summed E-state index contributed by atoms with van der Waals surface area (Å²) < 4.78 is 23.5. The van der Waals surface area contributed by atoms with Crippen LogP contribution in [0.2, 0.25) is 0 Å².